The van der Waals surface area contributed by atoms with E-state index in [-0.39, 0.29) is 45.0 Å². The van der Waals surface area contributed by atoms with E-state index < -0.39 is 51.6 Å². The monoisotopic (exact) mass is 883 g/mol. The molecule has 0 aromatic carbocycles. The standard InChI is InChI=1S/C49H94N4O9/c1-10-13-15-16-17-18-19-20-21-22-23-24-25-26-27-30-34-60-41(55)46(4,5)37-48(7,44(58)61-33-14-11-2)39-49(8,42(56)59-9)38-47(6,12-3)43(57)62-36-40(54)35-52-31-28-29-32-53-45(50)51/h40,52,54H,10-39H2,1-9H3,(H4,50,51,53). The van der Waals surface area contributed by atoms with Crippen molar-refractivity contribution in [2.45, 2.75) is 216 Å². The first-order valence-electron chi connectivity index (χ1n) is 24.4. The summed E-state index contributed by atoms with van der Waals surface area (Å²) in [6.45, 7) is 16.4. The largest absolute Gasteiger partial charge is 0.469 e. The number of carbonyl (C=O) groups excluding carboxylic acids is 4. The van der Waals surface area contributed by atoms with Crippen molar-refractivity contribution in [3.05, 3.63) is 0 Å². The van der Waals surface area contributed by atoms with Gasteiger partial charge in [-0.15, -0.1) is 0 Å². The summed E-state index contributed by atoms with van der Waals surface area (Å²) in [6, 6.07) is 0. The lowest BCUT2D eigenvalue weighted by Crippen LogP contribution is -2.47. The molecule has 6 N–H and O–H groups in total. The molecule has 364 valence electrons. The number of guanidine groups is 1. The van der Waals surface area contributed by atoms with E-state index in [1.54, 1.807) is 34.6 Å². The zero-order chi connectivity index (χ0) is 46.9. The molecule has 0 rings (SSSR count). The predicted molar refractivity (Wildman–Crippen MR) is 250 cm³/mol. The predicted octanol–water partition coefficient (Wildman–Crippen LogP) is 9.48. The second-order valence-corrected chi connectivity index (χ2v) is 19.3. The highest BCUT2D eigenvalue weighted by molar-refractivity contribution is 5.84. The number of carbonyl (C=O) groups is 4. The molecule has 0 saturated heterocycles. The molecule has 0 fully saturated rings. The molecule has 0 saturated carbocycles. The maximum Gasteiger partial charge on any atom is 0.311 e. The number of hydrogen-bond acceptors (Lipinski definition) is 11. The summed E-state index contributed by atoms with van der Waals surface area (Å²) in [5.41, 5.74) is 5.76. The molecule has 0 aromatic heterocycles. The van der Waals surface area contributed by atoms with Gasteiger partial charge in [0.05, 0.1) is 42.0 Å². The van der Waals surface area contributed by atoms with Crippen LogP contribution in [0.1, 0.15) is 209 Å². The fourth-order valence-electron chi connectivity index (χ4n) is 8.51. The Morgan fingerprint density at radius 3 is 1.52 bits per heavy atom. The molecule has 0 bridgehead atoms. The number of hydrogen-bond donors (Lipinski definition) is 4. The highest BCUT2D eigenvalue weighted by Crippen LogP contribution is 2.49. The molecule has 0 heterocycles. The Labute approximate surface area is 377 Å². The van der Waals surface area contributed by atoms with Crippen molar-refractivity contribution in [2.75, 3.05) is 46.6 Å². The van der Waals surface area contributed by atoms with E-state index in [0.717, 1.165) is 38.5 Å². The summed E-state index contributed by atoms with van der Waals surface area (Å²) in [4.78, 5) is 59.0. The molecule has 13 heteroatoms. The van der Waals surface area contributed by atoms with E-state index in [2.05, 4.69) is 17.2 Å². The molecular formula is C49H94N4O9. The summed E-state index contributed by atoms with van der Waals surface area (Å²) in [5.74, 6) is -2.04. The number of nitrogens with zero attached hydrogens (tertiary/aromatic N) is 1. The van der Waals surface area contributed by atoms with Crippen molar-refractivity contribution in [1.82, 2.24) is 5.32 Å². The number of aliphatic hydroxyl groups is 1. The first-order chi connectivity index (χ1) is 29.4. The van der Waals surface area contributed by atoms with Gasteiger partial charge >= 0.3 is 23.9 Å². The van der Waals surface area contributed by atoms with Crippen LogP contribution in [0.3, 0.4) is 0 Å². The van der Waals surface area contributed by atoms with Crippen LogP contribution in [0.5, 0.6) is 0 Å². The van der Waals surface area contributed by atoms with Gasteiger partial charge in [-0.3, -0.25) is 24.2 Å². The number of nitrogens with one attached hydrogen (secondary N) is 1. The maximum absolute atomic E-state index is 14.0. The van der Waals surface area contributed by atoms with Crippen molar-refractivity contribution in [1.29, 1.82) is 0 Å². The number of unbranched alkanes of at least 4 members (excludes halogenated alkanes) is 17. The van der Waals surface area contributed by atoms with Gasteiger partial charge in [0, 0.05) is 13.1 Å². The minimum Gasteiger partial charge on any atom is -0.469 e. The van der Waals surface area contributed by atoms with Gasteiger partial charge in [0.25, 0.3) is 0 Å². The molecule has 0 aliphatic carbocycles. The van der Waals surface area contributed by atoms with Crippen molar-refractivity contribution >= 4 is 29.8 Å². The quantitative estimate of drug-likeness (QED) is 0.0150. The van der Waals surface area contributed by atoms with E-state index in [9.17, 15) is 24.3 Å². The third kappa shape index (κ3) is 26.0. The maximum atomic E-state index is 14.0. The first kappa shape index (κ1) is 59.1. The minimum absolute atomic E-state index is 0.00585. The molecular weight excluding hydrogens is 789 g/mol. The summed E-state index contributed by atoms with van der Waals surface area (Å²) in [5, 5.41) is 13.7. The SMILES string of the molecule is CCCCCCCCCCCCCCCCCCOC(=O)C(C)(C)CC(C)(CC(C)(CC(C)(CC)C(=O)OCC(O)CNCCCCN=C(N)N)C(=O)OC)C(=O)OCCCC. The molecule has 0 amide bonds. The number of aliphatic imine (C=N–C) groups is 1. The number of nitrogens with two attached hydrogens (primary N) is 2. The van der Waals surface area contributed by atoms with Crippen LogP contribution in [0, 0.1) is 21.7 Å². The van der Waals surface area contributed by atoms with E-state index >= 15 is 0 Å². The summed E-state index contributed by atoms with van der Waals surface area (Å²) in [7, 11) is 1.28. The average Bonchev–Trinajstić information content (AvgIpc) is 3.22. The number of aliphatic hydroxyl groups excluding tert-OH is 1. The van der Waals surface area contributed by atoms with Gasteiger partial charge in [-0.05, 0) is 92.5 Å². The Kier molecular flexibility index (Phi) is 32.0. The van der Waals surface area contributed by atoms with Crippen LogP contribution >= 0.6 is 0 Å². The summed E-state index contributed by atoms with van der Waals surface area (Å²) in [6.07, 6.45) is 22.6. The number of rotatable bonds is 40. The minimum atomic E-state index is -1.36. The van der Waals surface area contributed by atoms with Crippen molar-refractivity contribution in [3.8, 4) is 0 Å². The molecule has 4 atom stereocenters. The Bertz CT molecular complexity index is 1260. The summed E-state index contributed by atoms with van der Waals surface area (Å²) >= 11 is 0. The van der Waals surface area contributed by atoms with Crippen LogP contribution in [-0.4, -0.2) is 87.6 Å². The first-order valence-corrected chi connectivity index (χ1v) is 24.4. The lowest BCUT2D eigenvalue weighted by Gasteiger charge is -2.42. The second-order valence-electron chi connectivity index (χ2n) is 19.3. The van der Waals surface area contributed by atoms with Gasteiger partial charge < -0.3 is 40.8 Å². The fourth-order valence-corrected chi connectivity index (χ4v) is 8.51. The Hall–Kier alpha value is -2.93. The second kappa shape index (κ2) is 33.6. The Balaban J connectivity index is 5.40. The normalized spacial score (nSPS) is 15.1. The van der Waals surface area contributed by atoms with Crippen LogP contribution in [0.25, 0.3) is 0 Å². The zero-order valence-corrected chi connectivity index (χ0v) is 41.1. The molecule has 4 unspecified atom stereocenters. The van der Waals surface area contributed by atoms with Crippen molar-refractivity contribution in [3.63, 3.8) is 0 Å². The molecule has 0 spiro atoms. The molecule has 0 aromatic rings. The van der Waals surface area contributed by atoms with Gasteiger partial charge in [-0.25, -0.2) is 0 Å². The Morgan fingerprint density at radius 2 is 1.02 bits per heavy atom. The Morgan fingerprint density at radius 1 is 0.565 bits per heavy atom. The molecule has 0 aliphatic rings. The lowest BCUT2D eigenvalue weighted by atomic mass is 9.61. The van der Waals surface area contributed by atoms with Gasteiger partial charge in [-0.2, -0.15) is 0 Å². The van der Waals surface area contributed by atoms with Gasteiger partial charge in [0.2, 0.25) is 0 Å². The van der Waals surface area contributed by atoms with Crippen LogP contribution < -0.4 is 16.8 Å². The summed E-state index contributed by atoms with van der Waals surface area (Å²) < 4.78 is 22.5. The molecule has 62 heavy (non-hydrogen) atoms. The molecule has 0 radical (unpaired) electrons. The van der Waals surface area contributed by atoms with Gasteiger partial charge in [0.1, 0.15) is 12.7 Å². The average molecular weight is 883 g/mol. The van der Waals surface area contributed by atoms with E-state index in [1.165, 1.54) is 90.6 Å². The smallest absolute Gasteiger partial charge is 0.311 e. The van der Waals surface area contributed by atoms with E-state index in [0.29, 0.717) is 32.5 Å². The van der Waals surface area contributed by atoms with Crippen molar-refractivity contribution < 1.29 is 43.2 Å². The number of esters is 4. The highest BCUT2D eigenvalue weighted by atomic mass is 16.5. The van der Waals surface area contributed by atoms with Crippen LogP contribution in [0.4, 0.5) is 0 Å². The third-order valence-corrected chi connectivity index (χ3v) is 12.2. The molecule has 0 aliphatic heterocycles. The third-order valence-electron chi connectivity index (χ3n) is 12.2. The highest BCUT2D eigenvalue weighted by Gasteiger charge is 2.53. The fraction of sp³-hybridized carbons (Fsp3) is 0.898. The molecule has 13 nitrogen and oxygen atoms in total. The van der Waals surface area contributed by atoms with Crippen LogP contribution in [0.15, 0.2) is 4.99 Å². The van der Waals surface area contributed by atoms with Crippen LogP contribution in [0.2, 0.25) is 0 Å². The van der Waals surface area contributed by atoms with Gasteiger partial charge in [-0.1, -0.05) is 124 Å². The van der Waals surface area contributed by atoms with E-state index in [1.807, 2.05) is 13.8 Å². The number of ether oxygens (including phenoxy) is 4. The van der Waals surface area contributed by atoms with Gasteiger partial charge in [0.15, 0.2) is 5.96 Å². The lowest BCUT2D eigenvalue weighted by molar-refractivity contribution is -0.171. The van der Waals surface area contributed by atoms with Crippen LogP contribution in [-0.2, 0) is 38.1 Å². The topological polar surface area (TPSA) is 202 Å². The number of methoxy groups -OCH3 is 1. The van der Waals surface area contributed by atoms with E-state index in [4.69, 9.17) is 30.4 Å². The van der Waals surface area contributed by atoms with Crippen molar-refractivity contribution in [2.24, 2.45) is 38.1 Å². The zero-order valence-electron chi connectivity index (χ0n) is 41.1.